The third-order valence-corrected chi connectivity index (χ3v) is 2.76. The molecule has 1 aromatic carbocycles. The maximum absolute atomic E-state index is 13.5. The predicted molar refractivity (Wildman–Crippen MR) is 66.1 cm³/mol. The van der Waals surface area contributed by atoms with Gasteiger partial charge in [0.15, 0.2) is 0 Å². The molecule has 0 fully saturated rings. The van der Waals surface area contributed by atoms with Gasteiger partial charge in [-0.1, -0.05) is 13.0 Å². The topological polar surface area (TPSA) is 29.3 Å². The second kappa shape index (κ2) is 6.99. The summed E-state index contributed by atoms with van der Waals surface area (Å²) < 4.78 is 63.5. The van der Waals surface area contributed by atoms with Crippen LogP contribution in [-0.2, 0) is 0 Å². The Morgan fingerprint density at radius 1 is 1.25 bits per heavy atom. The quantitative estimate of drug-likeness (QED) is 0.817. The van der Waals surface area contributed by atoms with E-state index < -0.39 is 30.4 Å². The van der Waals surface area contributed by atoms with Gasteiger partial charge < -0.3 is 5.73 Å². The molecule has 0 spiro atoms. The van der Waals surface area contributed by atoms with Gasteiger partial charge in [-0.3, -0.25) is 4.90 Å². The highest BCUT2D eigenvalue weighted by molar-refractivity contribution is 5.22. The molecule has 0 aromatic heterocycles. The third kappa shape index (κ3) is 5.42. The van der Waals surface area contributed by atoms with Gasteiger partial charge in [0.25, 0.3) is 0 Å². The maximum Gasteiger partial charge on any atom is 0.401 e. The van der Waals surface area contributed by atoms with E-state index in [-0.39, 0.29) is 18.7 Å². The monoisotopic (exact) mass is 296 g/mol. The number of halogens is 5. The van der Waals surface area contributed by atoms with Gasteiger partial charge in [0.05, 0.1) is 6.54 Å². The van der Waals surface area contributed by atoms with Gasteiger partial charge >= 0.3 is 6.18 Å². The molecular formula is C13H17F5N2. The molecule has 7 heteroatoms. The van der Waals surface area contributed by atoms with E-state index in [0.717, 1.165) is 17.0 Å². The number of rotatable bonds is 6. The zero-order valence-electron chi connectivity index (χ0n) is 11.1. The van der Waals surface area contributed by atoms with Gasteiger partial charge in [-0.05, 0) is 19.0 Å². The summed E-state index contributed by atoms with van der Waals surface area (Å²) in [5.74, 6) is -1.60. The van der Waals surface area contributed by atoms with Crippen LogP contribution in [0, 0.1) is 11.6 Å². The van der Waals surface area contributed by atoms with Crippen molar-refractivity contribution in [1.82, 2.24) is 4.90 Å². The normalized spacial score (nSPS) is 13.8. The summed E-state index contributed by atoms with van der Waals surface area (Å²) in [4.78, 5) is 1.12. The minimum absolute atomic E-state index is 0.00896. The van der Waals surface area contributed by atoms with Crippen LogP contribution in [0.1, 0.15) is 24.9 Å². The van der Waals surface area contributed by atoms with E-state index in [2.05, 4.69) is 0 Å². The van der Waals surface area contributed by atoms with Crippen LogP contribution in [-0.4, -0.2) is 30.7 Å². The highest BCUT2D eigenvalue weighted by atomic mass is 19.4. The van der Waals surface area contributed by atoms with Crippen molar-refractivity contribution >= 4 is 0 Å². The van der Waals surface area contributed by atoms with Crippen LogP contribution >= 0.6 is 0 Å². The Kier molecular flexibility index (Phi) is 5.88. The van der Waals surface area contributed by atoms with Crippen LogP contribution < -0.4 is 5.73 Å². The first-order chi connectivity index (χ1) is 9.23. The first-order valence-electron chi connectivity index (χ1n) is 6.22. The molecule has 0 aliphatic carbocycles. The number of nitrogens with zero attached hydrogens (tertiary/aromatic N) is 1. The lowest BCUT2D eigenvalue weighted by Crippen LogP contribution is -2.39. The smallest absolute Gasteiger partial charge is 0.323 e. The molecule has 2 nitrogen and oxygen atoms in total. The average Bonchev–Trinajstić information content (AvgIpc) is 2.26. The van der Waals surface area contributed by atoms with Crippen molar-refractivity contribution in [2.24, 2.45) is 5.73 Å². The van der Waals surface area contributed by atoms with Gasteiger partial charge in [0.1, 0.15) is 11.6 Å². The minimum atomic E-state index is -4.34. The van der Waals surface area contributed by atoms with Gasteiger partial charge in [0, 0.05) is 24.2 Å². The first-order valence-corrected chi connectivity index (χ1v) is 6.22. The fourth-order valence-corrected chi connectivity index (χ4v) is 1.98. The minimum Gasteiger partial charge on any atom is -0.323 e. The summed E-state index contributed by atoms with van der Waals surface area (Å²) in [6.07, 6.45) is -3.81. The standard InChI is InChI=1S/C13H17F5N2/c1-2-5-20(8-13(16,17)18)7-12(19)10-4-3-9(14)6-11(10)15/h3-4,6,12H,2,5,7-8,19H2,1H3. The van der Waals surface area contributed by atoms with E-state index in [9.17, 15) is 22.0 Å². The Morgan fingerprint density at radius 3 is 2.40 bits per heavy atom. The first kappa shape index (κ1) is 16.8. The van der Waals surface area contributed by atoms with E-state index >= 15 is 0 Å². The second-order valence-electron chi connectivity index (χ2n) is 4.62. The zero-order chi connectivity index (χ0) is 15.3. The highest BCUT2D eigenvalue weighted by Gasteiger charge is 2.31. The van der Waals surface area contributed by atoms with Crippen LogP contribution in [0.25, 0.3) is 0 Å². The largest absolute Gasteiger partial charge is 0.401 e. The van der Waals surface area contributed by atoms with Crippen LogP contribution in [0.15, 0.2) is 18.2 Å². The van der Waals surface area contributed by atoms with Crippen LogP contribution in [0.2, 0.25) is 0 Å². The Morgan fingerprint density at radius 2 is 1.90 bits per heavy atom. The van der Waals surface area contributed by atoms with Gasteiger partial charge in [-0.25, -0.2) is 8.78 Å². The van der Waals surface area contributed by atoms with Crippen LogP contribution in [0.3, 0.4) is 0 Å². The van der Waals surface area contributed by atoms with Crippen molar-refractivity contribution in [2.45, 2.75) is 25.6 Å². The zero-order valence-corrected chi connectivity index (χ0v) is 11.1. The molecule has 2 N–H and O–H groups in total. The lowest BCUT2D eigenvalue weighted by atomic mass is 10.1. The van der Waals surface area contributed by atoms with Crippen molar-refractivity contribution < 1.29 is 22.0 Å². The molecule has 1 aromatic rings. The average molecular weight is 296 g/mol. The molecule has 0 aliphatic heterocycles. The Bertz CT molecular complexity index is 433. The van der Waals surface area contributed by atoms with Crippen LogP contribution in [0.4, 0.5) is 22.0 Å². The van der Waals surface area contributed by atoms with E-state index in [1.54, 1.807) is 6.92 Å². The fourth-order valence-electron chi connectivity index (χ4n) is 1.98. The molecule has 0 bridgehead atoms. The molecule has 1 rings (SSSR count). The van der Waals surface area contributed by atoms with E-state index in [1.165, 1.54) is 0 Å². The summed E-state index contributed by atoms with van der Waals surface area (Å²) >= 11 is 0. The molecular weight excluding hydrogens is 279 g/mol. The maximum atomic E-state index is 13.5. The summed E-state index contributed by atoms with van der Waals surface area (Å²) in [7, 11) is 0. The van der Waals surface area contributed by atoms with Gasteiger partial charge in [-0.15, -0.1) is 0 Å². The number of hydrogen-bond donors (Lipinski definition) is 1. The number of benzene rings is 1. The molecule has 0 saturated heterocycles. The Labute approximate surface area is 114 Å². The van der Waals surface area contributed by atoms with Crippen molar-refractivity contribution in [1.29, 1.82) is 0 Å². The lowest BCUT2D eigenvalue weighted by Gasteiger charge is -2.26. The molecule has 1 atom stereocenters. The molecule has 20 heavy (non-hydrogen) atoms. The molecule has 1 unspecified atom stereocenters. The Hall–Kier alpha value is -1.21. The van der Waals surface area contributed by atoms with E-state index in [0.29, 0.717) is 12.5 Å². The third-order valence-electron chi connectivity index (χ3n) is 2.76. The molecule has 0 amide bonds. The molecule has 0 radical (unpaired) electrons. The van der Waals surface area contributed by atoms with Gasteiger partial charge in [0.2, 0.25) is 0 Å². The highest BCUT2D eigenvalue weighted by Crippen LogP contribution is 2.21. The summed E-state index contributed by atoms with van der Waals surface area (Å²) in [5.41, 5.74) is 5.73. The lowest BCUT2D eigenvalue weighted by molar-refractivity contribution is -0.146. The van der Waals surface area contributed by atoms with Crippen molar-refractivity contribution in [3.63, 3.8) is 0 Å². The second-order valence-corrected chi connectivity index (χ2v) is 4.62. The molecule has 114 valence electrons. The van der Waals surface area contributed by atoms with Crippen LogP contribution in [0.5, 0.6) is 0 Å². The SMILES string of the molecule is CCCN(CC(N)c1ccc(F)cc1F)CC(F)(F)F. The number of hydrogen-bond acceptors (Lipinski definition) is 2. The molecule has 0 saturated carbocycles. The van der Waals surface area contributed by atoms with E-state index in [4.69, 9.17) is 5.73 Å². The van der Waals surface area contributed by atoms with E-state index in [1.807, 2.05) is 0 Å². The number of alkyl halides is 3. The fraction of sp³-hybridized carbons (Fsp3) is 0.538. The molecule has 0 heterocycles. The van der Waals surface area contributed by atoms with Crippen molar-refractivity contribution in [3.05, 3.63) is 35.4 Å². The Balaban J connectivity index is 2.76. The summed E-state index contributed by atoms with van der Waals surface area (Å²) in [6.45, 7) is 0.705. The summed E-state index contributed by atoms with van der Waals surface area (Å²) in [5, 5.41) is 0. The van der Waals surface area contributed by atoms with Crippen molar-refractivity contribution in [2.75, 3.05) is 19.6 Å². The predicted octanol–water partition coefficient (Wildman–Crippen LogP) is 3.24. The number of nitrogens with two attached hydrogens (primary N) is 1. The van der Waals surface area contributed by atoms with Gasteiger partial charge in [-0.2, -0.15) is 13.2 Å². The summed E-state index contributed by atoms with van der Waals surface area (Å²) in [6, 6.07) is 1.92. The van der Waals surface area contributed by atoms with Crippen molar-refractivity contribution in [3.8, 4) is 0 Å². The molecule has 0 aliphatic rings.